The van der Waals surface area contributed by atoms with Gasteiger partial charge in [0.05, 0.1) is 0 Å². The molecule has 5 heteroatoms. The molecule has 1 N–H and O–H groups in total. The van der Waals surface area contributed by atoms with E-state index < -0.39 is 5.09 Å². The lowest BCUT2D eigenvalue weighted by molar-refractivity contribution is -0.742. The fraction of sp³-hybridized carbons (Fsp3) is 1.00. The summed E-state index contributed by atoms with van der Waals surface area (Å²) in [5, 5.41) is 13.6. The van der Waals surface area contributed by atoms with Crippen molar-refractivity contribution >= 4 is 0 Å². The lowest BCUT2D eigenvalue weighted by Gasteiger charge is -2.08. The summed E-state index contributed by atoms with van der Waals surface area (Å²) < 4.78 is 0. The Morgan fingerprint density at radius 1 is 0.680 bits per heavy atom. The van der Waals surface area contributed by atoms with Gasteiger partial charge in [-0.2, -0.15) is 0 Å². The Morgan fingerprint density at radius 2 is 0.920 bits per heavy atom. The maximum Gasteiger partial charge on any atom is 0.291 e. The van der Waals surface area contributed by atoms with E-state index in [2.05, 4.69) is 25.9 Å². The summed E-state index contributed by atoms with van der Waals surface area (Å²) in [7, 11) is 4.34. The van der Waals surface area contributed by atoms with Crippen LogP contribution >= 0.6 is 0 Å². The Labute approximate surface area is 156 Å². The van der Waals surface area contributed by atoms with Crippen molar-refractivity contribution in [2.75, 3.05) is 20.6 Å². The average Bonchev–Trinajstić information content (AvgIpc) is 2.53. The van der Waals surface area contributed by atoms with Gasteiger partial charge in [-0.15, -0.1) is 10.1 Å². The van der Waals surface area contributed by atoms with Crippen molar-refractivity contribution in [2.45, 2.75) is 110 Å². The second-order valence-corrected chi connectivity index (χ2v) is 7.34. The minimum absolute atomic E-state index is 1.26. The highest BCUT2D eigenvalue weighted by atomic mass is 16.9. The van der Waals surface area contributed by atoms with Crippen LogP contribution in [0.25, 0.3) is 0 Å². The van der Waals surface area contributed by atoms with Gasteiger partial charge in [-0.05, 0) is 27.1 Å². The lowest BCUT2D eigenvalue weighted by atomic mass is 10.0. The van der Waals surface area contributed by atoms with Gasteiger partial charge in [-0.1, -0.05) is 103 Å². The minimum atomic E-state index is -1.50. The summed E-state index contributed by atoms with van der Waals surface area (Å²) in [5.41, 5.74) is 0. The van der Waals surface area contributed by atoms with Gasteiger partial charge in [0.15, 0.2) is 0 Å². The topological polar surface area (TPSA) is 66.6 Å². The Kier molecular flexibility index (Phi) is 24.4. The molecule has 0 saturated heterocycles. The molecule has 0 bridgehead atoms. The third kappa shape index (κ3) is 35.2. The zero-order valence-corrected chi connectivity index (χ0v) is 17.2. The first-order valence-corrected chi connectivity index (χ1v) is 10.5. The van der Waals surface area contributed by atoms with Crippen LogP contribution in [0.5, 0.6) is 0 Å². The molecule has 0 aliphatic heterocycles. The smallest absolute Gasteiger partial charge is 0.291 e. The molecule has 0 aliphatic rings. The van der Waals surface area contributed by atoms with E-state index in [0.717, 1.165) is 0 Å². The van der Waals surface area contributed by atoms with Crippen LogP contribution in [0.4, 0.5) is 0 Å². The predicted octanol–water partition coefficient (Wildman–Crippen LogP) is 6.46. The van der Waals surface area contributed by atoms with E-state index in [1.54, 1.807) is 0 Å². The van der Waals surface area contributed by atoms with Crippen molar-refractivity contribution in [1.82, 2.24) is 4.90 Å². The van der Waals surface area contributed by atoms with Crippen LogP contribution < -0.4 is 0 Å². The molecule has 0 rings (SSSR count). The van der Waals surface area contributed by atoms with Gasteiger partial charge < -0.3 is 10.1 Å². The van der Waals surface area contributed by atoms with E-state index in [9.17, 15) is 0 Å². The van der Waals surface area contributed by atoms with E-state index >= 15 is 0 Å². The minimum Gasteiger partial charge on any atom is -0.328 e. The molecule has 0 saturated carbocycles. The maximum atomic E-state index is 8.36. The lowest BCUT2D eigenvalue weighted by Crippen LogP contribution is -2.12. The van der Waals surface area contributed by atoms with E-state index in [-0.39, 0.29) is 0 Å². The molecule has 0 unspecified atom stereocenters. The van der Waals surface area contributed by atoms with Crippen LogP contribution in [-0.4, -0.2) is 35.8 Å². The molecule has 0 aliphatic carbocycles. The molecule has 5 nitrogen and oxygen atoms in total. The molecule has 0 radical (unpaired) electrons. The van der Waals surface area contributed by atoms with Crippen LogP contribution in [0.1, 0.15) is 110 Å². The summed E-state index contributed by atoms with van der Waals surface area (Å²) in [6.07, 6.45) is 23.3. The Hall–Kier alpha value is -0.840. The highest BCUT2D eigenvalue weighted by molar-refractivity contribution is 4.50. The summed E-state index contributed by atoms with van der Waals surface area (Å²) in [6, 6.07) is 0. The fourth-order valence-corrected chi connectivity index (χ4v) is 2.98. The number of unbranched alkanes of at least 4 members (excludes halogenated alkanes) is 15. The Bertz CT molecular complexity index is 257. The van der Waals surface area contributed by atoms with E-state index in [1.165, 1.54) is 109 Å². The van der Waals surface area contributed by atoms with Crippen molar-refractivity contribution in [3.05, 3.63) is 10.1 Å². The number of hydrogen-bond donors (Lipinski definition) is 1. The van der Waals surface area contributed by atoms with Gasteiger partial charge >= 0.3 is 0 Å². The van der Waals surface area contributed by atoms with Crippen molar-refractivity contribution in [2.24, 2.45) is 0 Å². The molecule has 0 spiro atoms. The fourth-order valence-electron chi connectivity index (χ4n) is 2.98. The monoisotopic (exact) mass is 360 g/mol. The molecule has 0 aromatic heterocycles. The highest BCUT2D eigenvalue weighted by Crippen LogP contribution is 2.13. The molecule has 0 amide bonds. The van der Waals surface area contributed by atoms with Crippen molar-refractivity contribution in [3.8, 4) is 0 Å². The third-order valence-electron chi connectivity index (χ3n) is 4.46. The zero-order chi connectivity index (χ0) is 19.2. The van der Waals surface area contributed by atoms with Crippen molar-refractivity contribution in [1.29, 1.82) is 0 Å². The van der Waals surface area contributed by atoms with Crippen molar-refractivity contribution < 1.29 is 10.3 Å². The molecular weight excluding hydrogens is 316 g/mol. The largest absolute Gasteiger partial charge is 0.328 e. The van der Waals surface area contributed by atoms with Crippen LogP contribution in [0.15, 0.2) is 0 Å². The first-order chi connectivity index (χ1) is 12.0. The standard InChI is InChI=1S/C20H43N.HNO3/c1-4-5-6-7-8-9-10-11-12-13-14-15-16-17-18-19-20-21(2)3;2-1(3)4/h4-20H2,1-3H3;(H,2,3,4). The van der Waals surface area contributed by atoms with Gasteiger partial charge in [0.1, 0.15) is 0 Å². The number of rotatable bonds is 17. The first-order valence-electron chi connectivity index (χ1n) is 10.5. The molecule has 152 valence electrons. The van der Waals surface area contributed by atoms with Gasteiger partial charge in [0.25, 0.3) is 5.09 Å². The summed E-state index contributed by atoms with van der Waals surface area (Å²) in [5.74, 6) is 0. The van der Waals surface area contributed by atoms with Crippen LogP contribution in [0.3, 0.4) is 0 Å². The average molecular weight is 361 g/mol. The first kappa shape index (κ1) is 26.4. The quantitative estimate of drug-likeness (QED) is 0.183. The molecular formula is C20H44N2O3. The van der Waals surface area contributed by atoms with Crippen LogP contribution in [0, 0.1) is 10.1 Å². The molecule has 0 fully saturated rings. The van der Waals surface area contributed by atoms with Gasteiger partial charge in [-0.3, -0.25) is 0 Å². The van der Waals surface area contributed by atoms with Crippen molar-refractivity contribution in [3.63, 3.8) is 0 Å². The highest BCUT2D eigenvalue weighted by Gasteiger charge is 1.95. The summed E-state index contributed by atoms with van der Waals surface area (Å²) in [6.45, 7) is 3.56. The van der Waals surface area contributed by atoms with Crippen LogP contribution in [0.2, 0.25) is 0 Å². The second kappa shape index (κ2) is 23.2. The molecule has 0 heterocycles. The second-order valence-electron chi connectivity index (χ2n) is 7.34. The normalized spacial score (nSPS) is 10.6. The molecule has 0 atom stereocenters. The number of hydrogen-bond acceptors (Lipinski definition) is 3. The third-order valence-corrected chi connectivity index (χ3v) is 4.46. The Balaban J connectivity index is 0. The molecule has 0 aromatic carbocycles. The van der Waals surface area contributed by atoms with Gasteiger partial charge in [-0.25, -0.2) is 0 Å². The molecule has 25 heavy (non-hydrogen) atoms. The summed E-state index contributed by atoms with van der Waals surface area (Å²) >= 11 is 0. The Morgan fingerprint density at radius 3 is 1.16 bits per heavy atom. The van der Waals surface area contributed by atoms with E-state index in [0.29, 0.717) is 0 Å². The maximum absolute atomic E-state index is 8.36. The zero-order valence-electron chi connectivity index (χ0n) is 17.2. The van der Waals surface area contributed by atoms with Gasteiger partial charge in [0.2, 0.25) is 0 Å². The van der Waals surface area contributed by atoms with Crippen LogP contribution in [-0.2, 0) is 0 Å². The van der Waals surface area contributed by atoms with E-state index in [4.69, 9.17) is 15.3 Å². The van der Waals surface area contributed by atoms with Gasteiger partial charge in [0, 0.05) is 0 Å². The number of nitrogens with zero attached hydrogens (tertiary/aromatic N) is 2. The summed E-state index contributed by atoms with van der Waals surface area (Å²) in [4.78, 5) is 10.7. The SMILES string of the molecule is CCCCCCCCCCCCCCCCCCN(C)C.O=[N+]([O-])O. The van der Waals surface area contributed by atoms with E-state index in [1.807, 2.05) is 0 Å². The molecule has 0 aromatic rings. The predicted molar refractivity (Wildman–Crippen MR) is 107 cm³/mol.